The van der Waals surface area contributed by atoms with Gasteiger partial charge < -0.3 is 17.8 Å². The molecule has 0 aromatic carbocycles. The van der Waals surface area contributed by atoms with Gasteiger partial charge in [0.25, 0.3) is 0 Å². The fourth-order valence-electron chi connectivity index (χ4n) is 0. The Labute approximate surface area is 118 Å². The Hall–Kier alpha value is 1.22. The third kappa shape index (κ3) is 1320. The van der Waals surface area contributed by atoms with Crippen molar-refractivity contribution in [2.24, 2.45) is 0 Å². The predicted octanol–water partition coefficient (Wildman–Crippen LogP) is 4.48. The molecule has 1 radical (unpaired) electrons. The molecule has 0 saturated heterocycles. The van der Waals surface area contributed by atoms with E-state index in [4.69, 9.17) is 0 Å². The first-order valence-electron chi connectivity index (χ1n) is 4.50. The van der Waals surface area contributed by atoms with E-state index in [-0.39, 0.29) is 38.3 Å². The molecule has 0 saturated carbocycles. The maximum Gasteiger partial charge on any atom is 0 e. The van der Waals surface area contributed by atoms with Crippen molar-refractivity contribution in [3.05, 3.63) is 17.8 Å². The molecule has 0 amide bonds. The van der Waals surface area contributed by atoms with Crippen LogP contribution in [0.1, 0.15) is 62.3 Å². The Kier molecular flexibility index (Phi) is 50.1. The van der Waals surface area contributed by atoms with Gasteiger partial charge in [-0.2, -0.15) is 62.3 Å². The van der Waals surface area contributed by atoms with E-state index in [1.165, 1.54) is 17.8 Å². The van der Waals surface area contributed by atoms with Crippen LogP contribution in [0.25, 0.3) is 0 Å². The fraction of sp³-hybridized carbons (Fsp3) is 0.750. The summed E-state index contributed by atoms with van der Waals surface area (Å²) in [5.74, 6) is 4.25. The van der Waals surface area contributed by atoms with E-state index in [1.54, 1.807) is 0 Å². The third-order valence-electron chi connectivity index (χ3n) is 0. The zero-order chi connectivity index (χ0) is 10.7. The Bertz CT molecular complexity index is 38.8. The van der Waals surface area contributed by atoms with Crippen molar-refractivity contribution in [1.29, 1.82) is 0 Å². The summed E-state index contributed by atoms with van der Waals surface area (Å²) in [5.41, 5.74) is 0. The number of hydrogen-bond donors (Lipinski definition) is 0. The zero-order valence-corrected chi connectivity index (χ0v) is 15.2. The van der Waals surface area contributed by atoms with Gasteiger partial charge in [0.15, 0.2) is 0 Å². The summed E-state index contributed by atoms with van der Waals surface area (Å²) in [6.07, 6.45) is 0. The van der Waals surface area contributed by atoms with E-state index in [1.807, 2.05) is 0 Å². The third-order valence-corrected chi connectivity index (χ3v) is 0. The minimum absolute atomic E-state index is 0. The van der Waals surface area contributed by atoms with Gasteiger partial charge >= 0.3 is 0 Å². The SMILES string of the molecule is C[C-](C)C.C[C-](C)C.C[C-](C)C.[Li].[Zn]. The van der Waals surface area contributed by atoms with Crippen LogP contribution in [0.3, 0.4) is 0 Å². The summed E-state index contributed by atoms with van der Waals surface area (Å²) in [5, 5.41) is 0. The van der Waals surface area contributed by atoms with Gasteiger partial charge in [0.2, 0.25) is 0 Å². The van der Waals surface area contributed by atoms with Crippen molar-refractivity contribution < 1.29 is 19.5 Å². The Morgan fingerprint density at radius 1 is 0.429 bits per heavy atom. The molecule has 0 nitrogen and oxygen atoms in total. The average molecular weight is 244 g/mol. The van der Waals surface area contributed by atoms with E-state index in [2.05, 4.69) is 62.3 Å². The van der Waals surface area contributed by atoms with Crippen LogP contribution in [0.2, 0.25) is 0 Å². The number of hydrogen-bond acceptors (Lipinski definition) is 0. The molecule has 0 spiro atoms. The topological polar surface area (TPSA) is 0 Å². The summed E-state index contributed by atoms with van der Waals surface area (Å²) in [6.45, 7) is 18.8. The second kappa shape index (κ2) is 23.8. The maximum absolute atomic E-state index is 2.08. The summed E-state index contributed by atoms with van der Waals surface area (Å²) in [7, 11) is 0. The van der Waals surface area contributed by atoms with Crippen molar-refractivity contribution in [3.63, 3.8) is 0 Å². The van der Waals surface area contributed by atoms with E-state index in [0.29, 0.717) is 0 Å². The molecular weight excluding hydrogens is 216 g/mol. The van der Waals surface area contributed by atoms with Crippen LogP contribution in [0.15, 0.2) is 0 Å². The second-order valence-corrected chi connectivity index (χ2v) is 4.50. The van der Waals surface area contributed by atoms with Gasteiger partial charge in [0, 0.05) is 38.3 Å². The van der Waals surface area contributed by atoms with Crippen molar-refractivity contribution in [2.45, 2.75) is 62.3 Å². The van der Waals surface area contributed by atoms with Crippen LogP contribution in [0.5, 0.6) is 0 Å². The van der Waals surface area contributed by atoms with Crippen molar-refractivity contribution >= 4 is 18.9 Å². The molecule has 0 aromatic rings. The Balaban J connectivity index is -0.0000000270. The quantitative estimate of drug-likeness (QED) is 0.435. The first kappa shape index (κ1) is 29.5. The van der Waals surface area contributed by atoms with Gasteiger partial charge in [0.1, 0.15) is 0 Å². The van der Waals surface area contributed by atoms with Crippen LogP contribution in [0, 0.1) is 17.8 Å². The smallest absolute Gasteiger partial charge is 0 e. The Morgan fingerprint density at radius 2 is 0.429 bits per heavy atom. The molecule has 0 aliphatic carbocycles. The van der Waals surface area contributed by atoms with Crippen LogP contribution >= 0.6 is 0 Å². The largest absolute Gasteiger partial charge is 0.323 e. The molecule has 0 bridgehead atoms. The molecule has 0 unspecified atom stereocenters. The van der Waals surface area contributed by atoms with Crippen LogP contribution in [-0.4, -0.2) is 18.9 Å². The van der Waals surface area contributed by atoms with E-state index in [9.17, 15) is 0 Å². The number of rotatable bonds is 0. The van der Waals surface area contributed by atoms with Gasteiger partial charge in [0.05, 0.1) is 0 Å². The van der Waals surface area contributed by atoms with Crippen LogP contribution in [0.4, 0.5) is 0 Å². The van der Waals surface area contributed by atoms with E-state index >= 15 is 0 Å². The standard InChI is InChI=1S/3C4H9.Li.Zn/c3*1-4(2)3;;/h3*1-3H3;;/q3*-1;;. The molecule has 81 valence electrons. The molecular formula is C12H27LiZn-3. The van der Waals surface area contributed by atoms with Gasteiger partial charge in [-0.05, 0) is 0 Å². The predicted molar refractivity (Wildman–Crippen MR) is 66.5 cm³/mol. The molecule has 0 aliphatic rings. The first-order valence-corrected chi connectivity index (χ1v) is 4.50. The van der Waals surface area contributed by atoms with Crippen molar-refractivity contribution in [1.82, 2.24) is 0 Å². The van der Waals surface area contributed by atoms with Gasteiger partial charge in [-0.25, -0.2) is 0 Å². The van der Waals surface area contributed by atoms with E-state index in [0.717, 1.165) is 0 Å². The normalized spacial score (nSPS) is 7.71. The Morgan fingerprint density at radius 3 is 0.429 bits per heavy atom. The summed E-state index contributed by atoms with van der Waals surface area (Å²) >= 11 is 0. The van der Waals surface area contributed by atoms with E-state index < -0.39 is 0 Å². The van der Waals surface area contributed by atoms with Crippen molar-refractivity contribution in [3.8, 4) is 0 Å². The molecule has 2 heteroatoms. The first-order chi connectivity index (χ1) is 5.20. The summed E-state index contributed by atoms with van der Waals surface area (Å²) in [4.78, 5) is 0. The molecule has 0 aromatic heterocycles. The second-order valence-electron chi connectivity index (χ2n) is 4.50. The molecule has 0 aliphatic heterocycles. The van der Waals surface area contributed by atoms with Crippen LogP contribution < -0.4 is 0 Å². The maximum atomic E-state index is 2.08. The molecule has 0 rings (SSSR count). The monoisotopic (exact) mass is 242 g/mol. The van der Waals surface area contributed by atoms with Crippen molar-refractivity contribution in [2.75, 3.05) is 0 Å². The zero-order valence-electron chi connectivity index (χ0n) is 12.2. The molecule has 0 fully saturated rings. The average Bonchev–Trinajstić information content (AvgIpc) is 1.54. The fourth-order valence-corrected chi connectivity index (χ4v) is 0. The minimum Gasteiger partial charge on any atom is -0.323 e. The molecule has 14 heavy (non-hydrogen) atoms. The summed E-state index contributed by atoms with van der Waals surface area (Å²) < 4.78 is 0. The molecule has 0 N–H and O–H groups in total. The van der Waals surface area contributed by atoms with Gasteiger partial charge in [-0.3, -0.25) is 0 Å². The van der Waals surface area contributed by atoms with Gasteiger partial charge in [-0.15, -0.1) is 0 Å². The van der Waals surface area contributed by atoms with Gasteiger partial charge in [-0.1, -0.05) is 0 Å². The minimum atomic E-state index is 0. The molecule has 0 heterocycles. The molecule has 0 atom stereocenters. The van der Waals surface area contributed by atoms with Crippen LogP contribution in [-0.2, 0) is 19.5 Å². The summed E-state index contributed by atoms with van der Waals surface area (Å²) in [6, 6.07) is 0.